The molecule has 3 rings (SSSR count). The Kier molecular flexibility index (Phi) is 5.42. The van der Waals surface area contributed by atoms with E-state index in [-0.39, 0.29) is 11.8 Å². The number of carbonyl (C=O) groups is 2. The fourth-order valence-electron chi connectivity index (χ4n) is 3.98. The van der Waals surface area contributed by atoms with Gasteiger partial charge in [0, 0.05) is 0 Å². The highest BCUT2D eigenvalue weighted by molar-refractivity contribution is 6.14. The Labute approximate surface area is 150 Å². The van der Waals surface area contributed by atoms with E-state index in [0.717, 1.165) is 5.69 Å². The molecule has 2 aliphatic rings. The van der Waals surface area contributed by atoms with Crippen molar-refractivity contribution < 1.29 is 14.9 Å². The Hall–Kier alpha value is -1.88. The fourth-order valence-corrected chi connectivity index (χ4v) is 3.98. The van der Waals surface area contributed by atoms with Crippen molar-refractivity contribution in [3.63, 3.8) is 0 Å². The van der Waals surface area contributed by atoms with Gasteiger partial charge in [0.2, 0.25) is 5.91 Å². The molecule has 1 aromatic carbocycles. The van der Waals surface area contributed by atoms with Gasteiger partial charge in [-0.1, -0.05) is 31.4 Å². The van der Waals surface area contributed by atoms with Gasteiger partial charge in [0.05, 0.1) is 17.4 Å². The highest BCUT2D eigenvalue weighted by Gasteiger charge is 2.43. The third-order valence-corrected chi connectivity index (χ3v) is 5.53. The van der Waals surface area contributed by atoms with Crippen molar-refractivity contribution in [1.29, 1.82) is 0 Å². The summed E-state index contributed by atoms with van der Waals surface area (Å²) in [6, 6.07) is 8.07. The van der Waals surface area contributed by atoms with Gasteiger partial charge in [-0.05, 0) is 51.7 Å². The Morgan fingerprint density at radius 2 is 1.80 bits per heavy atom. The molecule has 5 heteroatoms. The van der Waals surface area contributed by atoms with Gasteiger partial charge in [0.15, 0.2) is 6.54 Å². The minimum atomic E-state index is -0.875. The molecule has 1 fully saturated rings. The molecule has 0 saturated heterocycles. The van der Waals surface area contributed by atoms with Crippen LogP contribution in [0.15, 0.2) is 24.3 Å². The van der Waals surface area contributed by atoms with Crippen LogP contribution >= 0.6 is 0 Å². The maximum atomic E-state index is 13.0. The molecule has 1 saturated carbocycles. The van der Waals surface area contributed by atoms with E-state index in [1.807, 2.05) is 38.1 Å². The van der Waals surface area contributed by atoms with Gasteiger partial charge in [-0.3, -0.25) is 14.5 Å². The number of fused-ring (bicyclic) bond motifs is 1. The number of nitrogens with two attached hydrogens (primary N) is 1. The van der Waals surface area contributed by atoms with Crippen molar-refractivity contribution in [3.8, 4) is 0 Å². The van der Waals surface area contributed by atoms with Gasteiger partial charge in [-0.2, -0.15) is 0 Å². The van der Waals surface area contributed by atoms with Crippen LogP contribution in [0.2, 0.25) is 0 Å². The number of anilines is 2. The predicted molar refractivity (Wildman–Crippen MR) is 99.5 cm³/mol. The minimum absolute atomic E-state index is 0.00867. The Bertz CT molecular complexity index is 634. The van der Waals surface area contributed by atoms with Gasteiger partial charge in [0.25, 0.3) is 5.91 Å². The first-order chi connectivity index (χ1) is 12.0. The van der Waals surface area contributed by atoms with E-state index >= 15 is 0 Å². The first-order valence-corrected chi connectivity index (χ1v) is 9.57. The highest BCUT2D eigenvalue weighted by Crippen LogP contribution is 2.36. The van der Waals surface area contributed by atoms with E-state index in [1.165, 1.54) is 44.9 Å². The quantitative estimate of drug-likeness (QED) is 0.884. The summed E-state index contributed by atoms with van der Waals surface area (Å²) in [6.07, 6.45) is 8.86. The lowest BCUT2D eigenvalue weighted by atomic mass is 9.95. The standard InChI is InChI=1S/C20H29N3O2/c1-20(2)19(25)22-16-12-8-9-13-17(16)23(20)18(24)14-21-15-10-6-4-3-5-7-11-15/h8-9,12-13,15,21H,3-7,10-11,14H2,1-2H3,(H,22,25)/p+1. The molecule has 0 radical (unpaired) electrons. The SMILES string of the molecule is CC1(C)C(=O)Nc2ccccc2N1C(=O)C[NH2+]C1CCCCCCC1. The smallest absolute Gasteiger partial charge is 0.283 e. The lowest BCUT2D eigenvalue weighted by Gasteiger charge is -2.41. The number of nitrogens with one attached hydrogen (secondary N) is 1. The van der Waals surface area contributed by atoms with Crippen molar-refractivity contribution in [1.82, 2.24) is 0 Å². The number of nitrogens with zero attached hydrogens (tertiary/aromatic N) is 1. The molecule has 2 amide bonds. The molecule has 5 nitrogen and oxygen atoms in total. The summed E-state index contributed by atoms with van der Waals surface area (Å²) in [5.74, 6) is -0.125. The van der Waals surface area contributed by atoms with Crippen LogP contribution in [0.25, 0.3) is 0 Å². The number of para-hydroxylation sites is 2. The van der Waals surface area contributed by atoms with Crippen LogP contribution < -0.4 is 15.5 Å². The molecule has 0 bridgehead atoms. The molecular weight excluding hydrogens is 314 g/mol. The van der Waals surface area contributed by atoms with E-state index in [4.69, 9.17) is 0 Å². The second kappa shape index (κ2) is 7.56. The predicted octanol–water partition coefficient (Wildman–Crippen LogP) is 2.43. The van der Waals surface area contributed by atoms with E-state index in [0.29, 0.717) is 18.3 Å². The molecule has 3 N–H and O–H groups in total. The van der Waals surface area contributed by atoms with Gasteiger partial charge in [-0.25, -0.2) is 0 Å². The summed E-state index contributed by atoms with van der Waals surface area (Å²) < 4.78 is 0. The lowest BCUT2D eigenvalue weighted by Crippen LogP contribution is -2.92. The molecule has 0 spiro atoms. The van der Waals surface area contributed by atoms with E-state index in [9.17, 15) is 9.59 Å². The molecule has 136 valence electrons. The van der Waals surface area contributed by atoms with Crippen molar-refractivity contribution in [2.75, 3.05) is 16.8 Å². The number of amides is 2. The van der Waals surface area contributed by atoms with Crippen molar-refractivity contribution >= 4 is 23.2 Å². The topological polar surface area (TPSA) is 66.0 Å². The number of hydrogen-bond donors (Lipinski definition) is 2. The molecule has 1 aliphatic carbocycles. The molecule has 1 heterocycles. The average Bonchev–Trinajstić information content (AvgIpc) is 2.54. The van der Waals surface area contributed by atoms with Gasteiger partial charge >= 0.3 is 0 Å². The number of hydrogen-bond acceptors (Lipinski definition) is 2. The summed E-state index contributed by atoms with van der Waals surface area (Å²) in [5.41, 5.74) is 0.634. The van der Waals surface area contributed by atoms with Crippen LogP contribution in [0.5, 0.6) is 0 Å². The van der Waals surface area contributed by atoms with Crippen molar-refractivity contribution in [3.05, 3.63) is 24.3 Å². The van der Waals surface area contributed by atoms with Crippen LogP contribution in [0.1, 0.15) is 58.8 Å². The minimum Gasteiger partial charge on any atom is -0.336 e. The summed E-state index contributed by atoms with van der Waals surface area (Å²) in [4.78, 5) is 27.2. The summed E-state index contributed by atoms with van der Waals surface area (Å²) in [5, 5.41) is 5.11. The third-order valence-electron chi connectivity index (χ3n) is 5.53. The van der Waals surface area contributed by atoms with Gasteiger partial charge in [0.1, 0.15) is 5.54 Å². The molecule has 0 unspecified atom stereocenters. The highest BCUT2D eigenvalue weighted by atomic mass is 16.2. The van der Waals surface area contributed by atoms with Crippen molar-refractivity contribution in [2.24, 2.45) is 0 Å². The largest absolute Gasteiger partial charge is 0.336 e. The molecule has 0 atom stereocenters. The van der Waals surface area contributed by atoms with Crippen molar-refractivity contribution in [2.45, 2.75) is 70.4 Å². The summed E-state index contributed by atoms with van der Waals surface area (Å²) in [7, 11) is 0. The zero-order valence-corrected chi connectivity index (χ0v) is 15.4. The molecular formula is C20H30N3O2+. The zero-order chi connectivity index (χ0) is 17.9. The lowest BCUT2D eigenvalue weighted by molar-refractivity contribution is -0.680. The normalized spacial score (nSPS) is 21.0. The van der Waals surface area contributed by atoms with Crippen LogP contribution in [-0.4, -0.2) is 29.9 Å². The second-order valence-electron chi connectivity index (χ2n) is 7.80. The van der Waals surface area contributed by atoms with E-state index < -0.39 is 5.54 Å². The van der Waals surface area contributed by atoms with Crippen LogP contribution in [-0.2, 0) is 9.59 Å². The molecule has 25 heavy (non-hydrogen) atoms. The molecule has 0 aromatic heterocycles. The van der Waals surface area contributed by atoms with E-state index in [2.05, 4.69) is 10.6 Å². The van der Waals surface area contributed by atoms with Gasteiger partial charge in [-0.15, -0.1) is 0 Å². The molecule has 1 aromatic rings. The number of quaternary nitrogens is 1. The summed E-state index contributed by atoms with van der Waals surface area (Å²) in [6.45, 7) is 4.02. The number of benzene rings is 1. The Balaban J connectivity index is 1.72. The average molecular weight is 344 g/mol. The Morgan fingerprint density at radius 3 is 2.52 bits per heavy atom. The van der Waals surface area contributed by atoms with E-state index in [1.54, 1.807) is 4.90 Å². The maximum absolute atomic E-state index is 13.0. The van der Waals surface area contributed by atoms with Crippen LogP contribution in [0, 0.1) is 0 Å². The first kappa shape index (κ1) is 17.9. The second-order valence-corrected chi connectivity index (χ2v) is 7.80. The first-order valence-electron chi connectivity index (χ1n) is 9.57. The number of carbonyl (C=O) groups excluding carboxylic acids is 2. The zero-order valence-electron chi connectivity index (χ0n) is 15.4. The Morgan fingerprint density at radius 1 is 1.16 bits per heavy atom. The van der Waals surface area contributed by atoms with Crippen LogP contribution in [0.4, 0.5) is 11.4 Å². The monoisotopic (exact) mass is 344 g/mol. The molecule has 1 aliphatic heterocycles. The van der Waals surface area contributed by atoms with Crippen LogP contribution in [0.3, 0.4) is 0 Å². The fraction of sp³-hybridized carbons (Fsp3) is 0.600. The summed E-state index contributed by atoms with van der Waals surface area (Å²) >= 11 is 0. The van der Waals surface area contributed by atoms with Gasteiger partial charge < -0.3 is 10.6 Å². The third kappa shape index (κ3) is 3.87. The maximum Gasteiger partial charge on any atom is 0.283 e. The number of rotatable bonds is 3.